The number of methoxy groups -OCH3 is 2. The van der Waals surface area contributed by atoms with E-state index in [0.717, 1.165) is 11.1 Å². The fraction of sp³-hybridized carbons (Fsp3) is 0.238. The first-order valence-electron chi connectivity index (χ1n) is 8.40. The minimum atomic E-state index is -0.472. The Labute approximate surface area is 158 Å². The van der Waals surface area contributed by atoms with Gasteiger partial charge in [0.2, 0.25) is 0 Å². The summed E-state index contributed by atoms with van der Waals surface area (Å²) in [6.45, 7) is 2.54. The minimum absolute atomic E-state index is 0.108. The van der Waals surface area contributed by atoms with Crippen molar-refractivity contribution in [1.82, 2.24) is 0 Å². The molecule has 0 spiro atoms. The maximum atomic E-state index is 11.9. The molecule has 2 aromatic carbocycles. The number of benzene rings is 2. The van der Waals surface area contributed by atoms with Gasteiger partial charge in [0, 0.05) is 6.08 Å². The van der Waals surface area contributed by atoms with Crippen molar-refractivity contribution in [3.63, 3.8) is 0 Å². The predicted octanol–water partition coefficient (Wildman–Crippen LogP) is 3.64. The highest BCUT2D eigenvalue weighted by Crippen LogP contribution is 2.28. The first-order chi connectivity index (χ1) is 13.1. The highest BCUT2D eigenvalue weighted by Gasteiger charge is 2.06. The van der Waals surface area contributed by atoms with Gasteiger partial charge in [-0.1, -0.05) is 18.2 Å². The summed E-state index contributed by atoms with van der Waals surface area (Å²) in [5, 5.41) is 0. The zero-order chi connectivity index (χ0) is 19.6. The van der Waals surface area contributed by atoms with Crippen LogP contribution in [0.25, 0.3) is 6.08 Å². The molecule has 0 aromatic heterocycles. The summed E-state index contributed by atoms with van der Waals surface area (Å²) in [5.74, 6) is 0.361. The lowest BCUT2D eigenvalue weighted by Gasteiger charge is -2.09. The van der Waals surface area contributed by atoms with Gasteiger partial charge in [-0.2, -0.15) is 0 Å². The van der Waals surface area contributed by atoms with Crippen molar-refractivity contribution < 1.29 is 28.5 Å². The van der Waals surface area contributed by atoms with Crippen molar-refractivity contribution in [1.29, 1.82) is 0 Å². The SMILES string of the molecule is CCOc1ccc(/C=C/C(=O)OCc2ccc(C(=O)OC)cc2)cc1OC. The van der Waals surface area contributed by atoms with E-state index in [1.807, 2.05) is 13.0 Å². The van der Waals surface area contributed by atoms with Gasteiger partial charge in [0.05, 0.1) is 26.4 Å². The van der Waals surface area contributed by atoms with Gasteiger partial charge >= 0.3 is 11.9 Å². The third-order valence-electron chi connectivity index (χ3n) is 3.66. The average Bonchev–Trinajstić information content (AvgIpc) is 2.71. The molecule has 0 aliphatic rings. The Morgan fingerprint density at radius 2 is 1.74 bits per heavy atom. The Kier molecular flexibility index (Phi) is 7.43. The zero-order valence-corrected chi connectivity index (χ0v) is 15.6. The number of hydrogen-bond acceptors (Lipinski definition) is 6. The smallest absolute Gasteiger partial charge is 0.337 e. The lowest BCUT2D eigenvalue weighted by atomic mass is 10.1. The molecule has 0 atom stereocenters. The largest absolute Gasteiger partial charge is 0.493 e. The van der Waals surface area contributed by atoms with Crippen molar-refractivity contribution in [2.45, 2.75) is 13.5 Å². The number of rotatable bonds is 8. The second kappa shape index (κ2) is 10.0. The van der Waals surface area contributed by atoms with Gasteiger partial charge in [0.15, 0.2) is 11.5 Å². The molecular weight excluding hydrogens is 348 g/mol. The molecule has 27 heavy (non-hydrogen) atoms. The third kappa shape index (κ3) is 5.88. The zero-order valence-electron chi connectivity index (χ0n) is 15.6. The Balaban J connectivity index is 1.92. The van der Waals surface area contributed by atoms with Crippen molar-refractivity contribution in [3.05, 3.63) is 65.2 Å². The van der Waals surface area contributed by atoms with Crippen LogP contribution >= 0.6 is 0 Å². The van der Waals surface area contributed by atoms with Crippen LogP contribution in [-0.4, -0.2) is 32.8 Å². The molecule has 142 valence electrons. The molecule has 0 saturated carbocycles. The van der Waals surface area contributed by atoms with Gasteiger partial charge in [-0.05, 0) is 48.4 Å². The molecule has 2 rings (SSSR count). The van der Waals surface area contributed by atoms with Crippen LogP contribution in [0.3, 0.4) is 0 Å². The second-order valence-corrected chi connectivity index (χ2v) is 5.47. The first kappa shape index (κ1) is 20.0. The van der Waals surface area contributed by atoms with Crippen molar-refractivity contribution in [2.24, 2.45) is 0 Å². The summed E-state index contributed by atoms with van der Waals surface area (Å²) in [4.78, 5) is 23.3. The highest BCUT2D eigenvalue weighted by molar-refractivity contribution is 5.89. The Hall–Kier alpha value is -3.28. The molecule has 2 aromatic rings. The molecule has 0 heterocycles. The number of carbonyl (C=O) groups excluding carboxylic acids is 2. The van der Waals surface area contributed by atoms with Gasteiger partial charge in [-0.25, -0.2) is 9.59 Å². The maximum absolute atomic E-state index is 11.9. The molecule has 6 heteroatoms. The Morgan fingerprint density at radius 3 is 2.37 bits per heavy atom. The van der Waals surface area contributed by atoms with E-state index in [2.05, 4.69) is 4.74 Å². The van der Waals surface area contributed by atoms with Crippen LogP contribution in [0.5, 0.6) is 11.5 Å². The fourth-order valence-corrected chi connectivity index (χ4v) is 2.28. The molecule has 0 unspecified atom stereocenters. The van der Waals surface area contributed by atoms with Crippen molar-refractivity contribution in [3.8, 4) is 11.5 Å². The van der Waals surface area contributed by atoms with Gasteiger partial charge in [0.1, 0.15) is 6.61 Å². The van der Waals surface area contributed by atoms with Crippen LogP contribution < -0.4 is 9.47 Å². The molecule has 6 nitrogen and oxygen atoms in total. The van der Waals surface area contributed by atoms with E-state index in [-0.39, 0.29) is 6.61 Å². The van der Waals surface area contributed by atoms with E-state index in [1.54, 1.807) is 49.6 Å². The molecule has 0 N–H and O–H groups in total. The Bertz CT molecular complexity index is 808. The molecule has 0 amide bonds. The molecular formula is C21H22O6. The summed E-state index contributed by atoms with van der Waals surface area (Å²) in [6, 6.07) is 12.1. The molecule has 0 fully saturated rings. The standard InChI is InChI=1S/C21H22O6/c1-4-26-18-11-7-15(13-19(18)24-2)8-12-20(22)27-14-16-5-9-17(10-6-16)21(23)25-3/h5-13H,4,14H2,1-3H3/b12-8+. The quantitative estimate of drug-likeness (QED) is 0.522. The highest BCUT2D eigenvalue weighted by atomic mass is 16.5. The van der Waals surface area contributed by atoms with Crippen molar-refractivity contribution >= 4 is 18.0 Å². The lowest BCUT2D eigenvalue weighted by Crippen LogP contribution is -2.03. The Morgan fingerprint density at radius 1 is 1.00 bits per heavy atom. The van der Waals surface area contributed by atoms with Crippen LogP contribution in [0.15, 0.2) is 48.5 Å². The van der Waals surface area contributed by atoms with E-state index in [9.17, 15) is 9.59 Å². The predicted molar refractivity (Wildman–Crippen MR) is 101 cm³/mol. The van der Waals surface area contributed by atoms with E-state index < -0.39 is 11.9 Å². The topological polar surface area (TPSA) is 71.1 Å². The number of hydrogen-bond donors (Lipinski definition) is 0. The number of esters is 2. The summed E-state index contributed by atoms with van der Waals surface area (Å²) in [5.41, 5.74) is 2.00. The first-order valence-corrected chi connectivity index (χ1v) is 8.40. The number of ether oxygens (including phenoxy) is 4. The number of carbonyl (C=O) groups is 2. The van der Waals surface area contributed by atoms with Crippen LogP contribution in [0.1, 0.15) is 28.4 Å². The molecule has 0 radical (unpaired) electrons. The van der Waals surface area contributed by atoms with E-state index in [1.165, 1.54) is 13.2 Å². The van der Waals surface area contributed by atoms with Gasteiger partial charge in [-0.15, -0.1) is 0 Å². The average molecular weight is 370 g/mol. The molecule has 0 aliphatic carbocycles. The van der Waals surface area contributed by atoms with Gasteiger partial charge in [-0.3, -0.25) is 0 Å². The lowest BCUT2D eigenvalue weighted by molar-refractivity contribution is -0.138. The van der Waals surface area contributed by atoms with Crippen LogP contribution in [0.4, 0.5) is 0 Å². The summed E-state index contributed by atoms with van der Waals surface area (Å²) < 4.78 is 20.6. The minimum Gasteiger partial charge on any atom is -0.493 e. The summed E-state index contributed by atoms with van der Waals surface area (Å²) in [6.07, 6.45) is 2.98. The van der Waals surface area contributed by atoms with Crippen LogP contribution in [0, 0.1) is 0 Å². The summed E-state index contributed by atoms with van der Waals surface area (Å²) >= 11 is 0. The second-order valence-electron chi connectivity index (χ2n) is 5.47. The maximum Gasteiger partial charge on any atom is 0.337 e. The van der Waals surface area contributed by atoms with Crippen molar-refractivity contribution in [2.75, 3.05) is 20.8 Å². The van der Waals surface area contributed by atoms with E-state index in [0.29, 0.717) is 23.7 Å². The van der Waals surface area contributed by atoms with Crippen LogP contribution in [0.2, 0.25) is 0 Å². The van der Waals surface area contributed by atoms with E-state index in [4.69, 9.17) is 14.2 Å². The molecule has 0 bridgehead atoms. The third-order valence-corrected chi connectivity index (χ3v) is 3.66. The monoisotopic (exact) mass is 370 g/mol. The van der Waals surface area contributed by atoms with Crippen LogP contribution in [-0.2, 0) is 20.9 Å². The molecule has 0 saturated heterocycles. The summed E-state index contributed by atoms with van der Waals surface area (Å²) in [7, 11) is 2.88. The van der Waals surface area contributed by atoms with E-state index >= 15 is 0 Å². The normalized spacial score (nSPS) is 10.5. The van der Waals surface area contributed by atoms with Gasteiger partial charge < -0.3 is 18.9 Å². The molecule has 0 aliphatic heterocycles. The fourth-order valence-electron chi connectivity index (χ4n) is 2.28. The van der Waals surface area contributed by atoms with Gasteiger partial charge in [0.25, 0.3) is 0 Å².